The van der Waals surface area contributed by atoms with Crippen LogP contribution in [0.15, 0.2) is 30.3 Å². The molecule has 4 nitrogen and oxygen atoms in total. The van der Waals surface area contributed by atoms with Crippen molar-refractivity contribution in [3.05, 3.63) is 40.9 Å². The number of aromatic nitrogens is 2. The lowest BCUT2D eigenvalue weighted by Gasteiger charge is -2.00. The van der Waals surface area contributed by atoms with Crippen molar-refractivity contribution in [1.82, 2.24) is 10.2 Å². The fourth-order valence-corrected chi connectivity index (χ4v) is 2.42. The van der Waals surface area contributed by atoms with E-state index in [2.05, 4.69) is 22.4 Å². The van der Waals surface area contributed by atoms with Crippen molar-refractivity contribution in [3.8, 4) is 0 Å². The molecular formula is C13H15N3OS. The van der Waals surface area contributed by atoms with Gasteiger partial charge in [-0.25, -0.2) is 0 Å². The Morgan fingerprint density at radius 1 is 1.28 bits per heavy atom. The van der Waals surface area contributed by atoms with E-state index >= 15 is 0 Å². The molecule has 1 heterocycles. The van der Waals surface area contributed by atoms with Crippen molar-refractivity contribution in [2.24, 2.45) is 0 Å². The number of carbonyl (C=O) groups is 1. The summed E-state index contributed by atoms with van der Waals surface area (Å²) in [5, 5.41) is 12.3. The largest absolute Gasteiger partial charge is 0.300 e. The van der Waals surface area contributed by atoms with Crippen LogP contribution in [0.5, 0.6) is 0 Å². The highest BCUT2D eigenvalue weighted by Crippen LogP contribution is 2.16. The van der Waals surface area contributed by atoms with E-state index in [1.807, 2.05) is 30.3 Å². The van der Waals surface area contributed by atoms with Gasteiger partial charge in [0.15, 0.2) is 0 Å². The van der Waals surface area contributed by atoms with Crippen molar-refractivity contribution >= 4 is 22.4 Å². The van der Waals surface area contributed by atoms with E-state index in [9.17, 15) is 4.79 Å². The summed E-state index contributed by atoms with van der Waals surface area (Å²) in [6.07, 6.45) is 2.31. The van der Waals surface area contributed by atoms with Crippen LogP contribution in [-0.2, 0) is 17.6 Å². The second-order valence-electron chi connectivity index (χ2n) is 3.96. The predicted octanol–water partition coefficient (Wildman–Crippen LogP) is 2.67. The number of anilines is 1. The maximum Gasteiger partial charge on any atom is 0.230 e. The molecule has 0 aliphatic carbocycles. The molecule has 2 rings (SSSR count). The molecular weight excluding hydrogens is 246 g/mol. The van der Waals surface area contributed by atoms with Crippen LogP contribution in [0.25, 0.3) is 0 Å². The summed E-state index contributed by atoms with van der Waals surface area (Å²) in [4.78, 5) is 11.8. The summed E-state index contributed by atoms with van der Waals surface area (Å²) in [6, 6.07) is 9.65. The maximum absolute atomic E-state index is 11.8. The summed E-state index contributed by atoms with van der Waals surface area (Å²) in [6.45, 7) is 2.09. The fourth-order valence-electron chi connectivity index (χ4n) is 1.56. The predicted molar refractivity (Wildman–Crippen MR) is 72.7 cm³/mol. The Kier molecular flexibility index (Phi) is 4.41. The van der Waals surface area contributed by atoms with E-state index < -0.39 is 0 Å². The summed E-state index contributed by atoms with van der Waals surface area (Å²) in [7, 11) is 0. The molecule has 1 N–H and O–H groups in total. The number of benzene rings is 1. The van der Waals surface area contributed by atoms with Crippen molar-refractivity contribution in [2.75, 3.05) is 5.32 Å². The zero-order valence-corrected chi connectivity index (χ0v) is 11.0. The lowest BCUT2D eigenvalue weighted by molar-refractivity contribution is -0.115. The Morgan fingerprint density at radius 3 is 2.78 bits per heavy atom. The Bertz CT molecular complexity index is 510. The highest BCUT2D eigenvalue weighted by atomic mass is 32.1. The number of hydrogen-bond donors (Lipinski definition) is 1. The van der Waals surface area contributed by atoms with Crippen molar-refractivity contribution in [1.29, 1.82) is 0 Å². The lowest BCUT2D eigenvalue weighted by atomic mass is 10.1. The molecule has 0 spiro atoms. The van der Waals surface area contributed by atoms with Crippen LogP contribution in [0, 0.1) is 0 Å². The van der Waals surface area contributed by atoms with Gasteiger partial charge in [-0.2, -0.15) is 0 Å². The molecule has 0 aliphatic rings. The van der Waals surface area contributed by atoms with Gasteiger partial charge in [-0.1, -0.05) is 48.6 Å². The Balaban J connectivity index is 1.90. The normalized spacial score (nSPS) is 10.3. The van der Waals surface area contributed by atoms with Gasteiger partial charge < -0.3 is 5.32 Å². The van der Waals surface area contributed by atoms with Crippen LogP contribution < -0.4 is 5.32 Å². The summed E-state index contributed by atoms with van der Waals surface area (Å²) >= 11 is 1.44. The van der Waals surface area contributed by atoms with Crippen molar-refractivity contribution < 1.29 is 4.79 Å². The average molecular weight is 261 g/mol. The summed E-state index contributed by atoms with van der Waals surface area (Å²) in [5.74, 6) is -0.0552. The molecule has 0 fully saturated rings. The maximum atomic E-state index is 11.8. The van der Waals surface area contributed by atoms with Gasteiger partial charge in [0.1, 0.15) is 5.01 Å². The third kappa shape index (κ3) is 3.63. The molecule has 0 radical (unpaired) electrons. The monoisotopic (exact) mass is 261 g/mol. The van der Waals surface area contributed by atoms with Gasteiger partial charge in [0, 0.05) is 6.42 Å². The Morgan fingerprint density at radius 2 is 2.06 bits per heavy atom. The molecule has 1 amide bonds. The molecule has 0 saturated heterocycles. The first-order valence-electron chi connectivity index (χ1n) is 5.94. The third-order valence-corrected chi connectivity index (χ3v) is 3.28. The summed E-state index contributed by atoms with van der Waals surface area (Å²) < 4.78 is 0. The highest BCUT2D eigenvalue weighted by Gasteiger charge is 2.08. The van der Waals surface area contributed by atoms with Gasteiger partial charge in [0.2, 0.25) is 11.0 Å². The molecule has 0 unspecified atom stereocenters. The molecule has 5 heteroatoms. The molecule has 2 aromatic rings. The molecule has 0 aliphatic heterocycles. The van der Waals surface area contributed by atoms with E-state index in [0.717, 1.165) is 23.4 Å². The molecule has 18 heavy (non-hydrogen) atoms. The van der Waals surface area contributed by atoms with Gasteiger partial charge in [-0.15, -0.1) is 10.2 Å². The first-order valence-corrected chi connectivity index (χ1v) is 6.75. The molecule has 0 bridgehead atoms. The average Bonchev–Trinajstić information content (AvgIpc) is 2.78. The van der Waals surface area contributed by atoms with Gasteiger partial charge >= 0.3 is 0 Å². The van der Waals surface area contributed by atoms with Crippen LogP contribution >= 0.6 is 11.3 Å². The van der Waals surface area contributed by atoms with Crippen molar-refractivity contribution in [2.45, 2.75) is 26.2 Å². The molecule has 0 saturated carbocycles. The van der Waals surface area contributed by atoms with Crippen molar-refractivity contribution in [3.63, 3.8) is 0 Å². The molecule has 1 aromatic carbocycles. The Hall–Kier alpha value is -1.75. The minimum Gasteiger partial charge on any atom is -0.300 e. The molecule has 0 atom stereocenters. The van der Waals surface area contributed by atoms with Gasteiger partial charge in [0.25, 0.3) is 0 Å². The van der Waals surface area contributed by atoms with Crippen LogP contribution in [0.2, 0.25) is 0 Å². The summed E-state index contributed by atoms with van der Waals surface area (Å²) in [5.41, 5.74) is 0.994. The van der Waals surface area contributed by atoms with Gasteiger partial charge in [0.05, 0.1) is 6.42 Å². The quantitative estimate of drug-likeness (QED) is 0.900. The minimum absolute atomic E-state index is 0.0552. The number of carbonyl (C=O) groups excluding carboxylic acids is 1. The first kappa shape index (κ1) is 12.7. The van der Waals surface area contributed by atoms with Gasteiger partial charge in [-0.05, 0) is 12.0 Å². The highest BCUT2D eigenvalue weighted by molar-refractivity contribution is 7.15. The first-order chi connectivity index (χ1) is 8.78. The number of amides is 1. The lowest BCUT2D eigenvalue weighted by Crippen LogP contribution is -2.14. The van der Waals surface area contributed by atoms with E-state index in [0.29, 0.717) is 11.6 Å². The number of hydrogen-bond acceptors (Lipinski definition) is 4. The van der Waals surface area contributed by atoms with E-state index in [1.165, 1.54) is 11.3 Å². The number of nitrogens with zero attached hydrogens (tertiary/aromatic N) is 2. The topological polar surface area (TPSA) is 54.9 Å². The minimum atomic E-state index is -0.0552. The second kappa shape index (κ2) is 6.26. The smallest absolute Gasteiger partial charge is 0.230 e. The standard InChI is InChI=1S/C13H15N3OS/c1-2-6-12-15-16-13(18-12)14-11(17)9-10-7-4-3-5-8-10/h3-5,7-8H,2,6,9H2,1H3,(H,14,16,17). The van der Waals surface area contributed by atoms with Crippen LogP contribution in [0.1, 0.15) is 23.9 Å². The van der Waals surface area contributed by atoms with E-state index in [4.69, 9.17) is 0 Å². The third-order valence-electron chi connectivity index (χ3n) is 2.38. The molecule has 94 valence electrons. The van der Waals surface area contributed by atoms with Gasteiger partial charge in [-0.3, -0.25) is 4.79 Å². The zero-order valence-electron chi connectivity index (χ0n) is 10.2. The zero-order chi connectivity index (χ0) is 12.8. The Labute approximate surface area is 110 Å². The van der Waals surface area contributed by atoms with E-state index in [-0.39, 0.29) is 5.91 Å². The number of rotatable bonds is 5. The number of nitrogens with one attached hydrogen (secondary N) is 1. The fraction of sp³-hybridized carbons (Fsp3) is 0.308. The van der Waals surface area contributed by atoms with E-state index in [1.54, 1.807) is 0 Å². The van der Waals surface area contributed by atoms with Crippen LogP contribution in [0.3, 0.4) is 0 Å². The SMILES string of the molecule is CCCc1nnc(NC(=O)Cc2ccccc2)s1. The number of aryl methyl sites for hydroxylation is 1. The van der Waals surface area contributed by atoms with Crippen LogP contribution in [0.4, 0.5) is 5.13 Å². The molecule has 1 aromatic heterocycles. The van der Waals surface area contributed by atoms with Crippen LogP contribution in [-0.4, -0.2) is 16.1 Å². The second-order valence-corrected chi connectivity index (χ2v) is 5.02.